The zero-order valence-corrected chi connectivity index (χ0v) is 16.3. The first-order valence-electron chi connectivity index (χ1n) is 9.13. The second kappa shape index (κ2) is 7.95. The van der Waals surface area contributed by atoms with E-state index in [1.54, 1.807) is 17.1 Å². The minimum atomic E-state index is -0.404. The molecule has 144 valence electrons. The average molecular weight is 395 g/mol. The summed E-state index contributed by atoms with van der Waals surface area (Å²) in [6.07, 6.45) is 9.53. The summed E-state index contributed by atoms with van der Waals surface area (Å²) in [5.41, 5.74) is 2.83. The smallest absolute Gasteiger partial charge is 0.261 e. The van der Waals surface area contributed by atoms with Gasteiger partial charge in [-0.2, -0.15) is 5.10 Å². The fraction of sp³-hybridized carbons (Fsp3) is 0.250. The third kappa shape index (κ3) is 3.97. The molecule has 0 aliphatic carbocycles. The molecule has 0 saturated carbocycles. The Morgan fingerprint density at radius 3 is 3.04 bits per heavy atom. The molecule has 0 radical (unpaired) electrons. The number of nitrogens with zero attached hydrogens (tertiary/aromatic N) is 4. The zero-order chi connectivity index (χ0) is 19.5. The quantitative estimate of drug-likeness (QED) is 0.504. The normalized spacial score (nSPS) is 12.4. The molecule has 2 N–H and O–H groups in total. The second-order valence-electron chi connectivity index (χ2n) is 6.59. The summed E-state index contributed by atoms with van der Waals surface area (Å²) in [6, 6.07) is 7.64. The van der Waals surface area contributed by atoms with E-state index in [2.05, 4.69) is 15.4 Å². The largest absolute Gasteiger partial charge is 0.391 e. The van der Waals surface area contributed by atoms with Gasteiger partial charge in [0.05, 0.1) is 23.7 Å². The van der Waals surface area contributed by atoms with E-state index in [1.165, 1.54) is 11.3 Å². The number of carbonyl (C=O) groups is 1. The van der Waals surface area contributed by atoms with Crippen molar-refractivity contribution in [1.82, 2.24) is 24.5 Å². The van der Waals surface area contributed by atoms with Crippen molar-refractivity contribution in [1.29, 1.82) is 0 Å². The highest BCUT2D eigenvalue weighted by Gasteiger charge is 2.12. The van der Waals surface area contributed by atoms with Gasteiger partial charge in [-0.1, -0.05) is 13.0 Å². The maximum Gasteiger partial charge on any atom is 0.261 e. The van der Waals surface area contributed by atoms with Crippen molar-refractivity contribution in [2.24, 2.45) is 0 Å². The number of hydrogen-bond donors (Lipinski definition) is 2. The number of nitrogens with one attached hydrogen (secondary N) is 1. The van der Waals surface area contributed by atoms with Crippen molar-refractivity contribution in [2.75, 3.05) is 0 Å². The molecular formula is C20H21N5O2S. The van der Waals surface area contributed by atoms with Crippen LogP contribution in [-0.4, -0.2) is 36.3 Å². The number of fused-ring (bicyclic) bond motifs is 1. The van der Waals surface area contributed by atoms with Crippen molar-refractivity contribution in [3.8, 4) is 10.4 Å². The molecule has 0 aliphatic heterocycles. The lowest BCUT2D eigenvalue weighted by molar-refractivity contribution is 0.0955. The van der Waals surface area contributed by atoms with E-state index in [0.29, 0.717) is 24.4 Å². The molecule has 1 amide bonds. The summed E-state index contributed by atoms with van der Waals surface area (Å²) in [6.45, 7) is 2.86. The molecule has 8 heteroatoms. The van der Waals surface area contributed by atoms with Gasteiger partial charge in [-0.25, -0.2) is 4.98 Å². The summed E-state index contributed by atoms with van der Waals surface area (Å²) < 4.78 is 3.66. The molecule has 28 heavy (non-hydrogen) atoms. The Kier molecular flexibility index (Phi) is 5.23. The summed E-state index contributed by atoms with van der Waals surface area (Å²) in [5.74, 6) is -0.101. The van der Waals surface area contributed by atoms with Gasteiger partial charge in [0.1, 0.15) is 5.65 Å². The Balaban J connectivity index is 1.40. The lowest BCUT2D eigenvalue weighted by Gasteiger charge is -2.06. The molecule has 4 heterocycles. The van der Waals surface area contributed by atoms with Crippen LogP contribution >= 0.6 is 11.3 Å². The first-order chi connectivity index (χ1) is 13.6. The molecule has 1 atom stereocenters. The van der Waals surface area contributed by atoms with Gasteiger partial charge >= 0.3 is 0 Å². The Hall–Kier alpha value is -2.97. The maximum absolute atomic E-state index is 12.5. The summed E-state index contributed by atoms with van der Waals surface area (Å²) in [4.78, 5) is 18.3. The van der Waals surface area contributed by atoms with Gasteiger partial charge in [0.15, 0.2) is 0 Å². The molecule has 0 unspecified atom stereocenters. The third-order valence-electron chi connectivity index (χ3n) is 4.52. The summed E-state index contributed by atoms with van der Waals surface area (Å²) >= 11 is 1.43. The Morgan fingerprint density at radius 1 is 1.29 bits per heavy atom. The number of rotatable bonds is 7. The van der Waals surface area contributed by atoms with Crippen LogP contribution in [0, 0.1) is 0 Å². The topological polar surface area (TPSA) is 84.5 Å². The maximum atomic E-state index is 12.5. The summed E-state index contributed by atoms with van der Waals surface area (Å²) in [7, 11) is 0. The van der Waals surface area contributed by atoms with Gasteiger partial charge in [-0.05, 0) is 30.2 Å². The molecule has 0 spiro atoms. The molecule has 4 aromatic heterocycles. The van der Waals surface area contributed by atoms with Gasteiger partial charge in [0.2, 0.25) is 0 Å². The fourth-order valence-electron chi connectivity index (χ4n) is 2.89. The van der Waals surface area contributed by atoms with E-state index in [0.717, 1.165) is 21.7 Å². The zero-order valence-electron chi connectivity index (χ0n) is 15.4. The van der Waals surface area contributed by atoms with Gasteiger partial charge < -0.3 is 14.8 Å². The van der Waals surface area contributed by atoms with Crippen LogP contribution < -0.4 is 5.32 Å². The lowest BCUT2D eigenvalue weighted by atomic mass is 10.2. The van der Waals surface area contributed by atoms with Crippen molar-refractivity contribution < 1.29 is 9.90 Å². The highest BCUT2D eigenvalue weighted by molar-refractivity contribution is 7.17. The van der Waals surface area contributed by atoms with Crippen molar-refractivity contribution in [2.45, 2.75) is 32.5 Å². The number of aliphatic hydroxyl groups excluding tert-OH is 1. The van der Waals surface area contributed by atoms with Gasteiger partial charge in [0, 0.05) is 41.8 Å². The van der Waals surface area contributed by atoms with Crippen molar-refractivity contribution in [3.63, 3.8) is 0 Å². The number of amides is 1. The average Bonchev–Trinajstić information content (AvgIpc) is 3.45. The second-order valence-corrected chi connectivity index (χ2v) is 7.67. The lowest BCUT2D eigenvalue weighted by Crippen LogP contribution is -2.21. The Labute approximate surface area is 166 Å². The van der Waals surface area contributed by atoms with Crippen LogP contribution in [0.15, 0.2) is 55.2 Å². The van der Waals surface area contributed by atoms with E-state index in [9.17, 15) is 9.90 Å². The molecule has 0 aromatic carbocycles. The van der Waals surface area contributed by atoms with Crippen LogP contribution in [0.2, 0.25) is 0 Å². The molecule has 4 rings (SSSR count). The first kappa shape index (κ1) is 18.4. The minimum absolute atomic E-state index is 0.101. The van der Waals surface area contributed by atoms with Gasteiger partial charge in [-0.15, -0.1) is 11.3 Å². The highest BCUT2D eigenvalue weighted by Crippen LogP contribution is 2.27. The van der Waals surface area contributed by atoms with Crippen molar-refractivity contribution >= 4 is 22.9 Å². The number of aliphatic hydroxyl groups is 1. The monoisotopic (exact) mass is 395 g/mol. The number of pyridine rings is 1. The highest BCUT2D eigenvalue weighted by atomic mass is 32.1. The molecule has 0 bridgehead atoms. The van der Waals surface area contributed by atoms with Crippen LogP contribution in [-0.2, 0) is 13.1 Å². The molecular weight excluding hydrogens is 374 g/mol. The minimum Gasteiger partial charge on any atom is -0.391 e. The van der Waals surface area contributed by atoms with Gasteiger partial charge in [0.25, 0.3) is 5.91 Å². The van der Waals surface area contributed by atoms with E-state index < -0.39 is 6.10 Å². The van der Waals surface area contributed by atoms with Crippen LogP contribution in [0.3, 0.4) is 0 Å². The van der Waals surface area contributed by atoms with E-state index in [-0.39, 0.29) is 5.91 Å². The number of thiophene rings is 1. The first-order valence-corrected chi connectivity index (χ1v) is 9.94. The Bertz CT molecular complexity index is 1100. The molecule has 7 nitrogen and oxygen atoms in total. The Morgan fingerprint density at radius 2 is 2.18 bits per heavy atom. The van der Waals surface area contributed by atoms with E-state index in [1.807, 2.05) is 54.2 Å². The predicted octanol–water partition coefficient (Wildman–Crippen LogP) is 2.96. The molecule has 0 aliphatic rings. The van der Waals surface area contributed by atoms with Crippen LogP contribution in [0.4, 0.5) is 0 Å². The van der Waals surface area contributed by atoms with Crippen LogP contribution in [0.25, 0.3) is 16.1 Å². The number of carbonyl (C=O) groups excluding carboxylic acids is 1. The van der Waals surface area contributed by atoms with Gasteiger partial charge in [-0.3, -0.25) is 9.48 Å². The SMILES string of the molecule is CC[C@H](O)Cn1cc(-c2ccc(C(=O)NCc3ccc4nccn4c3)s2)cn1. The number of imidazole rings is 1. The number of aromatic nitrogens is 4. The van der Waals surface area contributed by atoms with Crippen molar-refractivity contribution in [3.05, 3.63) is 65.7 Å². The van der Waals surface area contributed by atoms with E-state index in [4.69, 9.17) is 0 Å². The van der Waals surface area contributed by atoms with E-state index >= 15 is 0 Å². The van der Waals surface area contributed by atoms with Crippen LogP contribution in [0.1, 0.15) is 28.6 Å². The molecule has 4 aromatic rings. The molecule has 0 fully saturated rings. The molecule has 0 saturated heterocycles. The third-order valence-corrected chi connectivity index (χ3v) is 5.65. The standard InChI is InChI=1S/C20H21N5O2S/c1-2-16(26)13-25-12-15(10-23-25)17-4-5-18(28-17)20(27)22-9-14-3-6-19-21-7-8-24(19)11-14/h3-8,10-12,16,26H,2,9,13H2,1H3,(H,22,27)/t16-/m0/s1. The number of hydrogen-bond acceptors (Lipinski definition) is 5. The predicted molar refractivity (Wildman–Crippen MR) is 108 cm³/mol. The summed E-state index contributed by atoms with van der Waals surface area (Å²) in [5, 5.41) is 17.0. The fourth-order valence-corrected chi connectivity index (χ4v) is 3.79. The van der Waals surface area contributed by atoms with Crippen LogP contribution in [0.5, 0.6) is 0 Å².